The van der Waals surface area contributed by atoms with E-state index < -0.39 is 6.04 Å². The Morgan fingerprint density at radius 2 is 2.00 bits per heavy atom. The van der Waals surface area contributed by atoms with Gasteiger partial charge in [-0.05, 0) is 25.2 Å². The third kappa shape index (κ3) is 4.54. The van der Waals surface area contributed by atoms with E-state index in [2.05, 4.69) is 20.5 Å². The number of H-pyrrole nitrogens is 1. The third-order valence-corrected chi connectivity index (χ3v) is 4.66. The highest BCUT2D eigenvalue weighted by Gasteiger charge is 2.22. The van der Waals surface area contributed by atoms with E-state index in [9.17, 15) is 9.59 Å². The van der Waals surface area contributed by atoms with Crippen molar-refractivity contribution in [3.05, 3.63) is 46.4 Å². The second kappa shape index (κ2) is 8.71. The van der Waals surface area contributed by atoms with E-state index in [0.717, 1.165) is 18.4 Å². The van der Waals surface area contributed by atoms with Gasteiger partial charge in [0, 0.05) is 25.2 Å². The summed E-state index contributed by atoms with van der Waals surface area (Å²) in [6.45, 7) is 3.33. The second-order valence-corrected chi connectivity index (χ2v) is 6.54. The van der Waals surface area contributed by atoms with E-state index in [1.165, 1.54) is 0 Å². The number of ether oxygens (including phenoxy) is 1. The molecule has 1 aliphatic rings. The molecule has 1 atom stereocenters. The van der Waals surface area contributed by atoms with Crippen molar-refractivity contribution < 1.29 is 9.53 Å². The van der Waals surface area contributed by atoms with E-state index in [1.807, 2.05) is 37.3 Å². The number of nitrogens with zero attached hydrogens (tertiary/aromatic N) is 2. The number of nitrogens with one attached hydrogen (secondary N) is 2. The maximum atomic E-state index is 12.5. The van der Waals surface area contributed by atoms with Crippen LogP contribution in [0.1, 0.15) is 44.3 Å². The lowest BCUT2D eigenvalue weighted by molar-refractivity contribution is -0.123. The zero-order chi connectivity index (χ0) is 18.4. The van der Waals surface area contributed by atoms with Crippen LogP contribution in [0, 0.1) is 5.92 Å². The van der Waals surface area contributed by atoms with E-state index in [1.54, 1.807) is 0 Å². The van der Waals surface area contributed by atoms with Gasteiger partial charge in [-0.15, -0.1) is 10.2 Å². The minimum absolute atomic E-state index is 0.0583. The molecule has 2 aromatic rings. The van der Waals surface area contributed by atoms with Crippen molar-refractivity contribution in [3.63, 3.8) is 0 Å². The normalized spacial score (nSPS) is 16.2. The molecule has 1 amide bonds. The van der Waals surface area contributed by atoms with Crippen LogP contribution < -0.4 is 10.9 Å². The van der Waals surface area contributed by atoms with Crippen LogP contribution in [0.15, 0.2) is 35.1 Å². The summed E-state index contributed by atoms with van der Waals surface area (Å²) in [7, 11) is 0. The van der Waals surface area contributed by atoms with Crippen molar-refractivity contribution in [3.8, 4) is 11.4 Å². The summed E-state index contributed by atoms with van der Waals surface area (Å²) >= 11 is 0. The maximum absolute atomic E-state index is 12.5. The molecule has 0 bridgehead atoms. The number of hydrogen-bond acceptors (Lipinski definition) is 5. The first-order chi connectivity index (χ1) is 12.7. The van der Waals surface area contributed by atoms with Gasteiger partial charge in [0.2, 0.25) is 5.91 Å². The molecule has 0 spiro atoms. The molecule has 3 rings (SSSR count). The van der Waals surface area contributed by atoms with Gasteiger partial charge in [0.15, 0.2) is 11.5 Å². The molecule has 2 N–H and O–H groups in total. The topological polar surface area (TPSA) is 97.0 Å². The fourth-order valence-electron chi connectivity index (χ4n) is 3.13. The number of carbonyl (C=O) groups is 1. The fraction of sp³-hybridized carbons (Fsp3) is 0.474. The van der Waals surface area contributed by atoms with Crippen LogP contribution >= 0.6 is 0 Å². The monoisotopic (exact) mass is 356 g/mol. The Kier molecular flexibility index (Phi) is 6.12. The number of carbonyl (C=O) groups excluding carboxylic acids is 1. The van der Waals surface area contributed by atoms with Gasteiger partial charge in [-0.1, -0.05) is 37.3 Å². The molecule has 26 heavy (non-hydrogen) atoms. The zero-order valence-corrected chi connectivity index (χ0v) is 14.9. The van der Waals surface area contributed by atoms with Crippen LogP contribution in [-0.4, -0.2) is 34.3 Å². The largest absolute Gasteiger partial charge is 0.381 e. The highest BCUT2D eigenvalue weighted by atomic mass is 16.5. The van der Waals surface area contributed by atoms with Gasteiger partial charge in [0.1, 0.15) is 0 Å². The molecule has 1 aromatic carbocycles. The van der Waals surface area contributed by atoms with E-state index in [0.29, 0.717) is 37.8 Å². The van der Waals surface area contributed by atoms with Crippen LogP contribution in [-0.2, 0) is 9.53 Å². The van der Waals surface area contributed by atoms with Gasteiger partial charge in [0.05, 0.1) is 6.04 Å². The number of amides is 1. The molecule has 1 aliphatic heterocycles. The molecule has 1 unspecified atom stereocenters. The quantitative estimate of drug-likeness (QED) is 0.827. The molecule has 138 valence electrons. The summed E-state index contributed by atoms with van der Waals surface area (Å²) in [6, 6.07) is 8.90. The molecule has 1 aromatic heterocycles. The molecule has 7 nitrogen and oxygen atoms in total. The molecular weight excluding hydrogens is 332 g/mol. The fourth-order valence-corrected chi connectivity index (χ4v) is 3.13. The summed E-state index contributed by atoms with van der Waals surface area (Å²) in [5.74, 6) is 0.700. The van der Waals surface area contributed by atoms with Gasteiger partial charge >= 0.3 is 0 Å². The van der Waals surface area contributed by atoms with Gasteiger partial charge in [0.25, 0.3) is 5.56 Å². The van der Waals surface area contributed by atoms with Crippen molar-refractivity contribution in [2.45, 2.75) is 38.6 Å². The van der Waals surface area contributed by atoms with Crippen molar-refractivity contribution in [2.75, 3.05) is 13.2 Å². The van der Waals surface area contributed by atoms with Crippen LogP contribution in [0.5, 0.6) is 0 Å². The van der Waals surface area contributed by atoms with E-state index >= 15 is 0 Å². The number of aromatic amines is 1. The number of hydrogen-bond donors (Lipinski definition) is 2. The molecule has 0 aliphatic carbocycles. The first kappa shape index (κ1) is 18.3. The Morgan fingerprint density at radius 3 is 2.65 bits per heavy atom. The summed E-state index contributed by atoms with van der Waals surface area (Å²) in [4.78, 5) is 27.6. The van der Waals surface area contributed by atoms with Crippen LogP contribution in [0.4, 0.5) is 0 Å². The molecule has 0 radical (unpaired) electrons. The first-order valence-corrected chi connectivity index (χ1v) is 9.06. The Morgan fingerprint density at radius 1 is 1.27 bits per heavy atom. The van der Waals surface area contributed by atoms with Crippen molar-refractivity contribution in [2.24, 2.45) is 5.92 Å². The molecule has 1 fully saturated rings. The minimum atomic E-state index is -0.441. The molecule has 0 saturated carbocycles. The highest BCUT2D eigenvalue weighted by molar-refractivity contribution is 5.76. The Bertz CT molecular complexity index is 785. The van der Waals surface area contributed by atoms with Crippen molar-refractivity contribution in [1.82, 2.24) is 20.5 Å². The number of rotatable bonds is 6. The predicted molar refractivity (Wildman–Crippen MR) is 97.4 cm³/mol. The van der Waals surface area contributed by atoms with Gasteiger partial charge in [-0.25, -0.2) is 0 Å². The Hall–Kier alpha value is -2.54. The minimum Gasteiger partial charge on any atom is -0.381 e. The van der Waals surface area contributed by atoms with E-state index in [-0.39, 0.29) is 17.2 Å². The molecule has 2 heterocycles. The maximum Gasteiger partial charge on any atom is 0.275 e. The SMILES string of the molecule is CCC(NC(=O)CC1CCOCC1)c1nnc(-c2ccccc2)[nH]c1=O. The summed E-state index contributed by atoms with van der Waals surface area (Å²) in [5.41, 5.74) is 0.713. The van der Waals surface area contributed by atoms with Gasteiger partial charge < -0.3 is 15.0 Å². The smallest absolute Gasteiger partial charge is 0.275 e. The summed E-state index contributed by atoms with van der Waals surface area (Å²) in [6.07, 6.45) is 2.82. The molecular formula is C19H24N4O3. The lowest BCUT2D eigenvalue weighted by atomic mass is 9.96. The molecule has 1 saturated heterocycles. The highest BCUT2D eigenvalue weighted by Crippen LogP contribution is 2.19. The van der Waals surface area contributed by atoms with Crippen LogP contribution in [0.3, 0.4) is 0 Å². The van der Waals surface area contributed by atoms with Crippen molar-refractivity contribution in [1.29, 1.82) is 0 Å². The predicted octanol–water partition coefficient (Wildman–Crippen LogP) is 2.22. The zero-order valence-electron chi connectivity index (χ0n) is 14.9. The first-order valence-electron chi connectivity index (χ1n) is 9.06. The van der Waals surface area contributed by atoms with E-state index in [4.69, 9.17) is 4.74 Å². The van der Waals surface area contributed by atoms with Crippen molar-refractivity contribution >= 4 is 5.91 Å². The van der Waals surface area contributed by atoms with Crippen LogP contribution in [0.25, 0.3) is 11.4 Å². The standard InChI is InChI=1S/C19H24N4O3/c1-2-15(20-16(24)12-13-8-10-26-11-9-13)17-19(25)21-18(23-22-17)14-6-4-3-5-7-14/h3-7,13,15H,2,8-12H2,1H3,(H,20,24)(H,21,23,25). The Balaban J connectivity index is 1.69. The lowest BCUT2D eigenvalue weighted by Crippen LogP contribution is -2.35. The van der Waals surface area contributed by atoms with Crippen LogP contribution in [0.2, 0.25) is 0 Å². The lowest BCUT2D eigenvalue weighted by Gasteiger charge is -2.22. The third-order valence-electron chi connectivity index (χ3n) is 4.66. The van der Waals surface area contributed by atoms with Gasteiger partial charge in [-0.3, -0.25) is 9.59 Å². The second-order valence-electron chi connectivity index (χ2n) is 6.54. The summed E-state index contributed by atoms with van der Waals surface area (Å²) < 4.78 is 5.32. The Labute approximate surface area is 152 Å². The average molecular weight is 356 g/mol. The average Bonchev–Trinajstić information content (AvgIpc) is 2.68. The number of aromatic nitrogens is 3. The molecule has 7 heteroatoms. The number of benzene rings is 1. The van der Waals surface area contributed by atoms with Gasteiger partial charge in [-0.2, -0.15) is 0 Å². The summed E-state index contributed by atoms with van der Waals surface area (Å²) in [5, 5.41) is 11.2.